The number of hydrogen-bond donors (Lipinski definition) is 1. The van der Waals surface area contributed by atoms with E-state index in [2.05, 4.69) is 6.07 Å². The zero-order valence-corrected chi connectivity index (χ0v) is 9.52. The van der Waals surface area contributed by atoms with E-state index >= 15 is 0 Å². The van der Waals surface area contributed by atoms with Gasteiger partial charge in [-0.05, 0) is 42.7 Å². The van der Waals surface area contributed by atoms with Crippen molar-refractivity contribution < 1.29 is 0 Å². The van der Waals surface area contributed by atoms with E-state index in [9.17, 15) is 0 Å². The first-order chi connectivity index (χ1) is 6.77. The fourth-order valence-electron chi connectivity index (χ4n) is 3.11. The van der Waals surface area contributed by atoms with Crippen LogP contribution in [0.1, 0.15) is 30.2 Å². The molecule has 1 aromatic rings. The van der Waals surface area contributed by atoms with Crippen LogP contribution in [0.2, 0.25) is 4.34 Å². The minimum Gasteiger partial charge on any atom is -0.323 e. The lowest BCUT2D eigenvalue weighted by molar-refractivity contribution is 0.507. The summed E-state index contributed by atoms with van der Waals surface area (Å²) in [6.45, 7) is 0. The van der Waals surface area contributed by atoms with Crippen LogP contribution in [0.3, 0.4) is 0 Å². The SMILES string of the molecule is NC(c1ccc(Cl)s1)C1C2CCCC21. The molecule has 0 aliphatic heterocycles. The predicted octanol–water partition coefficient (Wildman–Crippen LogP) is 3.45. The van der Waals surface area contributed by atoms with Crippen LogP contribution >= 0.6 is 22.9 Å². The highest BCUT2D eigenvalue weighted by atomic mass is 35.5. The van der Waals surface area contributed by atoms with Crippen LogP contribution in [-0.4, -0.2) is 0 Å². The summed E-state index contributed by atoms with van der Waals surface area (Å²) in [4.78, 5) is 1.27. The second kappa shape index (κ2) is 3.22. The summed E-state index contributed by atoms with van der Waals surface area (Å²) in [5.74, 6) is 2.63. The third-order valence-electron chi connectivity index (χ3n) is 3.81. The summed E-state index contributed by atoms with van der Waals surface area (Å²) in [6, 6.07) is 4.30. The molecule has 0 spiro atoms. The van der Waals surface area contributed by atoms with Gasteiger partial charge in [0.25, 0.3) is 0 Å². The van der Waals surface area contributed by atoms with Crippen LogP contribution in [0.5, 0.6) is 0 Å². The summed E-state index contributed by atoms with van der Waals surface area (Å²) in [5, 5.41) is 0. The molecule has 14 heavy (non-hydrogen) atoms. The number of rotatable bonds is 2. The molecule has 0 amide bonds. The average molecular weight is 228 g/mol. The average Bonchev–Trinajstić information content (AvgIpc) is 2.56. The van der Waals surface area contributed by atoms with E-state index in [1.807, 2.05) is 6.07 Å². The van der Waals surface area contributed by atoms with Gasteiger partial charge in [0, 0.05) is 10.9 Å². The Balaban J connectivity index is 1.75. The van der Waals surface area contributed by atoms with Crippen LogP contribution in [0.4, 0.5) is 0 Å². The molecule has 2 aliphatic rings. The number of halogens is 1. The molecule has 2 fully saturated rings. The fraction of sp³-hybridized carbons (Fsp3) is 0.636. The van der Waals surface area contributed by atoms with E-state index < -0.39 is 0 Å². The maximum atomic E-state index is 6.26. The topological polar surface area (TPSA) is 26.0 Å². The molecule has 0 radical (unpaired) electrons. The van der Waals surface area contributed by atoms with E-state index in [1.165, 1.54) is 24.1 Å². The number of nitrogens with two attached hydrogens (primary N) is 1. The lowest BCUT2D eigenvalue weighted by Gasteiger charge is -2.11. The van der Waals surface area contributed by atoms with Crippen molar-refractivity contribution in [2.24, 2.45) is 23.5 Å². The van der Waals surface area contributed by atoms with E-state index in [0.717, 1.165) is 22.1 Å². The summed E-state index contributed by atoms with van der Waals surface area (Å²) in [5.41, 5.74) is 6.26. The van der Waals surface area contributed by atoms with Crippen molar-refractivity contribution in [1.29, 1.82) is 0 Å². The Labute approximate surface area is 93.3 Å². The highest BCUT2D eigenvalue weighted by Gasteiger charge is 2.55. The smallest absolute Gasteiger partial charge is 0.0931 e. The third kappa shape index (κ3) is 1.32. The molecule has 3 atom stereocenters. The quantitative estimate of drug-likeness (QED) is 0.823. The second-order valence-corrected chi connectivity index (χ2v) is 6.25. The minimum absolute atomic E-state index is 0.253. The Morgan fingerprint density at radius 3 is 2.64 bits per heavy atom. The highest BCUT2D eigenvalue weighted by molar-refractivity contribution is 7.16. The van der Waals surface area contributed by atoms with Gasteiger partial charge >= 0.3 is 0 Å². The molecule has 2 N–H and O–H groups in total. The molecule has 3 heteroatoms. The van der Waals surface area contributed by atoms with Gasteiger partial charge in [-0.2, -0.15) is 0 Å². The van der Waals surface area contributed by atoms with Crippen LogP contribution in [0, 0.1) is 17.8 Å². The molecule has 2 saturated carbocycles. The lowest BCUT2D eigenvalue weighted by Crippen LogP contribution is -2.13. The maximum absolute atomic E-state index is 6.26. The minimum atomic E-state index is 0.253. The van der Waals surface area contributed by atoms with Gasteiger partial charge in [0.1, 0.15) is 0 Å². The molecule has 0 aromatic carbocycles. The lowest BCUT2D eigenvalue weighted by atomic mass is 10.0. The van der Waals surface area contributed by atoms with Crippen LogP contribution in [0.25, 0.3) is 0 Å². The molecule has 0 saturated heterocycles. The molecule has 0 bridgehead atoms. The number of thiophene rings is 1. The molecular weight excluding hydrogens is 214 g/mol. The van der Waals surface area contributed by atoms with E-state index in [0.29, 0.717) is 0 Å². The Hall–Kier alpha value is -0.0500. The fourth-order valence-corrected chi connectivity index (χ4v) is 4.23. The van der Waals surface area contributed by atoms with Crippen LogP contribution in [0.15, 0.2) is 12.1 Å². The first-order valence-corrected chi connectivity index (χ1v) is 6.47. The Bertz CT molecular complexity index is 339. The second-order valence-electron chi connectivity index (χ2n) is 4.50. The highest BCUT2D eigenvalue weighted by Crippen LogP contribution is 2.62. The molecule has 3 unspecified atom stereocenters. The molecule has 1 nitrogen and oxygen atoms in total. The molecular formula is C11H14ClNS. The predicted molar refractivity (Wildman–Crippen MR) is 60.6 cm³/mol. The van der Waals surface area contributed by atoms with Gasteiger partial charge in [0.05, 0.1) is 4.34 Å². The third-order valence-corrected chi connectivity index (χ3v) is 5.14. The van der Waals surface area contributed by atoms with Crippen molar-refractivity contribution in [3.63, 3.8) is 0 Å². The van der Waals surface area contributed by atoms with Gasteiger partial charge in [-0.3, -0.25) is 0 Å². The Kier molecular flexibility index (Phi) is 2.12. The van der Waals surface area contributed by atoms with Crippen molar-refractivity contribution in [2.45, 2.75) is 25.3 Å². The zero-order valence-electron chi connectivity index (χ0n) is 7.95. The normalized spacial score (nSPS) is 36.9. The summed E-state index contributed by atoms with van der Waals surface area (Å²) < 4.78 is 0.862. The molecule has 1 aromatic heterocycles. The standard InChI is InChI=1S/C11H14ClNS/c12-9-5-4-8(14-9)11(13)10-6-2-1-3-7(6)10/h4-7,10-11H,1-3,13H2. The molecule has 2 aliphatic carbocycles. The Morgan fingerprint density at radius 2 is 2.07 bits per heavy atom. The first-order valence-electron chi connectivity index (χ1n) is 5.28. The van der Waals surface area contributed by atoms with Crippen molar-refractivity contribution >= 4 is 22.9 Å². The van der Waals surface area contributed by atoms with Gasteiger partial charge in [0.15, 0.2) is 0 Å². The van der Waals surface area contributed by atoms with Gasteiger partial charge < -0.3 is 5.73 Å². The van der Waals surface area contributed by atoms with E-state index in [-0.39, 0.29) is 6.04 Å². The van der Waals surface area contributed by atoms with Gasteiger partial charge in [-0.15, -0.1) is 11.3 Å². The Morgan fingerprint density at radius 1 is 1.36 bits per heavy atom. The largest absolute Gasteiger partial charge is 0.323 e. The van der Waals surface area contributed by atoms with Crippen molar-refractivity contribution in [1.82, 2.24) is 0 Å². The van der Waals surface area contributed by atoms with Gasteiger partial charge in [0.2, 0.25) is 0 Å². The number of hydrogen-bond acceptors (Lipinski definition) is 2. The van der Waals surface area contributed by atoms with Crippen LogP contribution in [-0.2, 0) is 0 Å². The van der Waals surface area contributed by atoms with Gasteiger partial charge in [-0.25, -0.2) is 0 Å². The van der Waals surface area contributed by atoms with Crippen molar-refractivity contribution in [3.8, 4) is 0 Å². The molecule has 76 valence electrons. The van der Waals surface area contributed by atoms with E-state index in [4.69, 9.17) is 17.3 Å². The summed E-state index contributed by atoms with van der Waals surface area (Å²) in [6.07, 6.45) is 4.23. The van der Waals surface area contributed by atoms with Crippen molar-refractivity contribution in [2.75, 3.05) is 0 Å². The maximum Gasteiger partial charge on any atom is 0.0931 e. The van der Waals surface area contributed by atoms with Gasteiger partial charge in [-0.1, -0.05) is 18.0 Å². The van der Waals surface area contributed by atoms with Crippen LogP contribution < -0.4 is 5.73 Å². The number of fused-ring (bicyclic) bond motifs is 1. The monoisotopic (exact) mass is 227 g/mol. The van der Waals surface area contributed by atoms with Crippen molar-refractivity contribution in [3.05, 3.63) is 21.3 Å². The molecule has 1 heterocycles. The summed E-state index contributed by atoms with van der Waals surface area (Å²) in [7, 11) is 0. The molecule has 3 rings (SSSR count). The zero-order chi connectivity index (χ0) is 9.71. The summed E-state index contributed by atoms with van der Waals surface area (Å²) >= 11 is 7.56. The first kappa shape index (κ1) is 9.20. The van der Waals surface area contributed by atoms with E-state index in [1.54, 1.807) is 11.3 Å².